The first-order valence-electron chi connectivity index (χ1n) is 8.84. The number of hydrogen-bond acceptors (Lipinski definition) is 4. The second-order valence-electron chi connectivity index (χ2n) is 6.46. The Labute approximate surface area is 134 Å². The number of amides is 2. The third kappa shape index (κ3) is 5.74. The van der Waals surface area contributed by atoms with E-state index in [9.17, 15) is 9.90 Å². The number of rotatable bonds is 6. The fourth-order valence-corrected chi connectivity index (χ4v) is 3.24. The minimum Gasteiger partial charge on any atom is -0.391 e. The Morgan fingerprint density at radius 2 is 1.86 bits per heavy atom. The number of likely N-dealkylation sites (N-methyl/N-ethyl adjacent to an activating group) is 1. The maximum atomic E-state index is 12.0. The lowest BCUT2D eigenvalue weighted by Gasteiger charge is -2.34. The van der Waals surface area contributed by atoms with Gasteiger partial charge in [-0.1, -0.05) is 6.92 Å². The summed E-state index contributed by atoms with van der Waals surface area (Å²) in [7, 11) is 0. The maximum absolute atomic E-state index is 12.0. The molecule has 0 aromatic carbocycles. The third-order valence-electron chi connectivity index (χ3n) is 4.77. The van der Waals surface area contributed by atoms with Crippen LogP contribution in [0.1, 0.15) is 32.6 Å². The molecule has 1 atom stereocenters. The molecule has 128 valence electrons. The van der Waals surface area contributed by atoms with Crippen molar-refractivity contribution in [2.45, 2.75) is 38.7 Å². The minimum atomic E-state index is -0.346. The van der Waals surface area contributed by atoms with Gasteiger partial charge in [-0.05, 0) is 38.8 Å². The van der Waals surface area contributed by atoms with Gasteiger partial charge in [-0.15, -0.1) is 0 Å². The number of piperazine rings is 1. The second-order valence-corrected chi connectivity index (χ2v) is 6.46. The molecule has 2 heterocycles. The molecule has 22 heavy (non-hydrogen) atoms. The molecule has 0 bridgehead atoms. The van der Waals surface area contributed by atoms with Crippen molar-refractivity contribution in [3.63, 3.8) is 0 Å². The zero-order chi connectivity index (χ0) is 15.8. The summed E-state index contributed by atoms with van der Waals surface area (Å²) in [6.07, 6.45) is 3.53. The van der Waals surface area contributed by atoms with Crippen LogP contribution < -0.4 is 5.32 Å². The van der Waals surface area contributed by atoms with Gasteiger partial charge in [-0.25, -0.2) is 4.79 Å². The zero-order valence-corrected chi connectivity index (χ0v) is 14.0. The number of nitrogens with zero attached hydrogens (tertiary/aromatic N) is 3. The van der Waals surface area contributed by atoms with E-state index in [-0.39, 0.29) is 12.1 Å². The van der Waals surface area contributed by atoms with Crippen LogP contribution in [-0.2, 0) is 0 Å². The molecule has 2 fully saturated rings. The summed E-state index contributed by atoms with van der Waals surface area (Å²) in [4.78, 5) is 18.7. The van der Waals surface area contributed by atoms with Gasteiger partial charge >= 0.3 is 6.03 Å². The van der Waals surface area contributed by atoms with Gasteiger partial charge in [0.2, 0.25) is 0 Å². The van der Waals surface area contributed by atoms with Gasteiger partial charge in [0.1, 0.15) is 0 Å². The maximum Gasteiger partial charge on any atom is 0.317 e. The molecule has 0 aliphatic carbocycles. The van der Waals surface area contributed by atoms with Gasteiger partial charge in [-0.3, -0.25) is 0 Å². The number of β-amino-alcohol motifs (C(OH)–C–C–N with tert-alkyl or cyclic N) is 1. The van der Waals surface area contributed by atoms with E-state index >= 15 is 0 Å². The molecule has 2 N–H and O–H groups in total. The first-order valence-corrected chi connectivity index (χ1v) is 8.84. The molecule has 2 saturated heterocycles. The van der Waals surface area contributed by atoms with Crippen LogP contribution in [0.25, 0.3) is 0 Å². The summed E-state index contributed by atoms with van der Waals surface area (Å²) in [6.45, 7) is 11.2. The van der Waals surface area contributed by atoms with Crippen LogP contribution in [0.5, 0.6) is 0 Å². The number of aliphatic hydroxyl groups is 1. The van der Waals surface area contributed by atoms with Crippen LogP contribution in [0.4, 0.5) is 4.79 Å². The summed E-state index contributed by atoms with van der Waals surface area (Å²) in [6, 6.07) is -0.0182. The molecule has 0 aromatic heterocycles. The summed E-state index contributed by atoms with van der Waals surface area (Å²) >= 11 is 0. The highest BCUT2D eigenvalue weighted by molar-refractivity contribution is 5.74. The summed E-state index contributed by atoms with van der Waals surface area (Å²) in [5, 5.41) is 12.6. The molecular formula is C16H32N4O2. The first kappa shape index (κ1) is 17.5. The van der Waals surface area contributed by atoms with Gasteiger partial charge in [0.05, 0.1) is 6.10 Å². The fourth-order valence-electron chi connectivity index (χ4n) is 3.24. The Balaban J connectivity index is 1.49. The Morgan fingerprint density at radius 3 is 2.55 bits per heavy atom. The molecule has 2 amide bonds. The number of aliphatic hydroxyl groups excluding tert-OH is 1. The SMILES string of the molecule is CCN1CCN(CCCCNC(=O)N2CCCC(O)C2)CC1. The van der Waals surface area contributed by atoms with Crippen LogP contribution in [0.2, 0.25) is 0 Å². The standard InChI is InChI=1S/C16H32N4O2/c1-2-18-10-12-19(13-11-18)8-4-3-7-17-16(22)20-9-5-6-15(21)14-20/h15,21H,2-14H2,1H3,(H,17,22). The monoisotopic (exact) mass is 312 g/mol. The molecule has 2 aliphatic rings. The normalized spacial score (nSPS) is 24.5. The molecule has 6 nitrogen and oxygen atoms in total. The largest absolute Gasteiger partial charge is 0.391 e. The van der Waals surface area contributed by atoms with E-state index in [2.05, 4.69) is 22.0 Å². The third-order valence-corrected chi connectivity index (χ3v) is 4.77. The highest BCUT2D eigenvalue weighted by Gasteiger charge is 2.21. The summed E-state index contributed by atoms with van der Waals surface area (Å²) in [5.41, 5.74) is 0. The van der Waals surface area contributed by atoms with Gasteiger partial charge in [0.25, 0.3) is 0 Å². The highest BCUT2D eigenvalue weighted by atomic mass is 16.3. The van der Waals surface area contributed by atoms with Crippen LogP contribution in [0.3, 0.4) is 0 Å². The number of piperidine rings is 1. The van der Waals surface area contributed by atoms with E-state index in [1.807, 2.05) is 0 Å². The van der Waals surface area contributed by atoms with Crippen molar-refractivity contribution < 1.29 is 9.90 Å². The lowest BCUT2D eigenvalue weighted by Crippen LogP contribution is -2.47. The number of urea groups is 1. The molecule has 1 unspecified atom stereocenters. The van der Waals surface area contributed by atoms with Crippen molar-refractivity contribution in [2.75, 3.05) is 58.9 Å². The van der Waals surface area contributed by atoms with Crippen molar-refractivity contribution in [1.29, 1.82) is 0 Å². The smallest absolute Gasteiger partial charge is 0.317 e. The van der Waals surface area contributed by atoms with Crippen molar-refractivity contribution in [1.82, 2.24) is 20.0 Å². The summed E-state index contributed by atoms with van der Waals surface area (Å²) in [5.74, 6) is 0. The predicted molar refractivity (Wildman–Crippen MR) is 88.0 cm³/mol. The number of unbranched alkanes of at least 4 members (excludes halogenated alkanes) is 1. The average molecular weight is 312 g/mol. The first-order chi connectivity index (χ1) is 10.7. The molecular weight excluding hydrogens is 280 g/mol. The Kier molecular flexibility index (Phi) is 7.42. The summed E-state index contributed by atoms with van der Waals surface area (Å²) < 4.78 is 0. The van der Waals surface area contributed by atoms with Gasteiger partial charge < -0.3 is 25.1 Å². The zero-order valence-electron chi connectivity index (χ0n) is 14.0. The van der Waals surface area contributed by atoms with Gasteiger partial charge in [0, 0.05) is 45.8 Å². The van der Waals surface area contributed by atoms with Crippen LogP contribution in [-0.4, -0.2) is 90.8 Å². The molecule has 0 aromatic rings. The number of hydrogen-bond donors (Lipinski definition) is 2. The quantitative estimate of drug-likeness (QED) is 0.704. The molecule has 0 spiro atoms. The van der Waals surface area contributed by atoms with Crippen LogP contribution >= 0.6 is 0 Å². The van der Waals surface area contributed by atoms with Gasteiger partial charge in [-0.2, -0.15) is 0 Å². The van der Waals surface area contributed by atoms with E-state index in [1.165, 1.54) is 26.2 Å². The Hall–Kier alpha value is -0.850. The highest BCUT2D eigenvalue weighted by Crippen LogP contribution is 2.09. The molecule has 6 heteroatoms. The molecule has 0 saturated carbocycles. The van der Waals surface area contributed by atoms with E-state index in [4.69, 9.17) is 0 Å². The van der Waals surface area contributed by atoms with E-state index in [0.717, 1.165) is 51.9 Å². The number of carbonyl (C=O) groups excluding carboxylic acids is 1. The second kappa shape index (κ2) is 9.33. The molecule has 2 rings (SSSR count). The van der Waals surface area contributed by atoms with E-state index < -0.39 is 0 Å². The Morgan fingerprint density at radius 1 is 1.14 bits per heavy atom. The average Bonchev–Trinajstić information content (AvgIpc) is 2.55. The van der Waals surface area contributed by atoms with Crippen molar-refractivity contribution >= 4 is 6.03 Å². The number of nitrogens with one attached hydrogen (secondary N) is 1. The fraction of sp³-hybridized carbons (Fsp3) is 0.938. The Bertz CT molecular complexity index is 332. The molecule has 2 aliphatic heterocycles. The van der Waals surface area contributed by atoms with Crippen molar-refractivity contribution in [2.24, 2.45) is 0 Å². The lowest BCUT2D eigenvalue weighted by atomic mass is 10.1. The topological polar surface area (TPSA) is 59.0 Å². The van der Waals surface area contributed by atoms with E-state index in [0.29, 0.717) is 6.54 Å². The van der Waals surface area contributed by atoms with Crippen molar-refractivity contribution in [3.8, 4) is 0 Å². The van der Waals surface area contributed by atoms with E-state index in [1.54, 1.807) is 4.90 Å². The van der Waals surface area contributed by atoms with Crippen molar-refractivity contribution in [3.05, 3.63) is 0 Å². The van der Waals surface area contributed by atoms with Gasteiger partial charge in [0.15, 0.2) is 0 Å². The minimum absolute atomic E-state index is 0.0182. The van der Waals surface area contributed by atoms with Crippen LogP contribution in [0.15, 0.2) is 0 Å². The molecule has 0 radical (unpaired) electrons. The lowest BCUT2D eigenvalue weighted by molar-refractivity contribution is 0.0842. The predicted octanol–water partition coefficient (Wildman–Crippen LogP) is 0.570. The number of likely N-dealkylation sites (tertiary alicyclic amines) is 1. The number of carbonyl (C=O) groups is 1. The van der Waals surface area contributed by atoms with Crippen LogP contribution in [0, 0.1) is 0 Å².